The number of aromatic hydroxyl groups is 2. The molecule has 0 amide bonds. The van der Waals surface area contributed by atoms with Crippen LogP contribution in [0.4, 0.5) is 5.69 Å². The van der Waals surface area contributed by atoms with Crippen LogP contribution in [-0.4, -0.2) is 20.9 Å². The van der Waals surface area contributed by atoms with Gasteiger partial charge in [0.15, 0.2) is 11.5 Å². The minimum absolute atomic E-state index is 0.00735. The van der Waals surface area contributed by atoms with E-state index in [9.17, 15) is 25.1 Å². The number of nitrogens with zero attached hydrogens (tertiary/aromatic N) is 1. The van der Waals surface area contributed by atoms with Crippen molar-refractivity contribution in [3.8, 4) is 11.5 Å². The van der Waals surface area contributed by atoms with E-state index in [1.807, 2.05) is 24.3 Å². The van der Waals surface area contributed by atoms with E-state index in [0.717, 1.165) is 37.0 Å². The monoisotopic (exact) mass is 329 g/mol. The minimum Gasteiger partial charge on any atom is -0.504 e. The van der Waals surface area contributed by atoms with Gasteiger partial charge in [-0.25, -0.2) is 0 Å². The number of phenolic OH excluding ortho intramolecular Hbond substituents is 2. The molecule has 0 aliphatic carbocycles. The molecule has 0 aliphatic rings. The number of hydrogen-bond donors (Lipinski definition) is 2. The van der Waals surface area contributed by atoms with Crippen molar-refractivity contribution >= 4 is 11.5 Å². The molecule has 6 heteroatoms. The Morgan fingerprint density at radius 2 is 1.75 bits per heavy atom. The summed E-state index contributed by atoms with van der Waals surface area (Å²) in [4.78, 5) is 22.3. The second-order valence-corrected chi connectivity index (χ2v) is 5.64. The van der Waals surface area contributed by atoms with Crippen LogP contribution >= 0.6 is 0 Å². The summed E-state index contributed by atoms with van der Waals surface area (Å²) in [5, 5.41) is 29.9. The van der Waals surface area contributed by atoms with Crippen molar-refractivity contribution in [2.45, 2.75) is 32.6 Å². The number of nitro groups is 1. The molecule has 0 fully saturated rings. The molecule has 2 N–H and O–H groups in total. The lowest BCUT2D eigenvalue weighted by Crippen LogP contribution is -2.04. The van der Waals surface area contributed by atoms with Crippen LogP contribution in [0.1, 0.15) is 41.3 Å². The highest BCUT2D eigenvalue weighted by Crippen LogP contribution is 2.36. The fourth-order valence-corrected chi connectivity index (χ4v) is 2.40. The highest BCUT2D eigenvalue weighted by molar-refractivity contribution is 5.99. The SMILES string of the molecule is CCCCc1ccc(CC(=O)c2cc(O)c(O)c([N+](=O)[O-])c2)cc1. The largest absolute Gasteiger partial charge is 0.504 e. The Kier molecular flexibility index (Phi) is 5.52. The van der Waals surface area contributed by atoms with Gasteiger partial charge in [-0.2, -0.15) is 0 Å². The van der Waals surface area contributed by atoms with Crippen LogP contribution in [0.3, 0.4) is 0 Å². The number of benzene rings is 2. The molecule has 2 rings (SSSR count). The van der Waals surface area contributed by atoms with Crippen LogP contribution in [0.15, 0.2) is 36.4 Å². The van der Waals surface area contributed by atoms with Gasteiger partial charge in [-0.3, -0.25) is 14.9 Å². The first-order valence-corrected chi connectivity index (χ1v) is 7.73. The summed E-state index contributed by atoms with van der Waals surface area (Å²) in [7, 11) is 0. The first-order valence-electron chi connectivity index (χ1n) is 7.73. The number of carbonyl (C=O) groups is 1. The van der Waals surface area contributed by atoms with E-state index >= 15 is 0 Å². The van der Waals surface area contributed by atoms with Gasteiger partial charge in [0.2, 0.25) is 5.75 Å². The summed E-state index contributed by atoms with van der Waals surface area (Å²) < 4.78 is 0. The van der Waals surface area contributed by atoms with Crippen molar-refractivity contribution in [3.05, 3.63) is 63.2 Å². The average Bonchev–Trinajstić information content (AvgIpc) is 2.56. The van der Waals surface area contributed by atoms with Crippen LogP contribution in [0.25, 0.3) is 0 Å². The number of ketones is 1. The number of hydrogen-bond acceptors (Lipinski definition) is 5. The van der Waals surface area contributed by atoms with Gasteiger partial charge < -0.3 is 10.2 Å². The third kappa shape index (κ3) is 4.10. The van der Waals surface area contributed by atoms with Gasteiger partial charge in [-0.15, -0.1) is 0 Å². The molecule has 0 radical (unpaired) electrons. The van der Waals surface area contributed by atoms with E-state index in [0.29, 0.717) is 0 Å². The van der Waals surface area contributed by atoms with Crippen LogP contribution in [0.5, 0.6) is 11.5 Å². The second kappa shape index (κ2) is 7.59. The van der Waals surface area contributed by atoms with E-state index in [4.69, 9.17) is 0 Å². The third-order valence-corrected chi connectivity index (χ3v) is 3.80. The second-order valence-electron chi connectivity index (χ2n) is 5.64. The van der Waals surface area contributed by atoms with Crippen molar-refractivity contribution < 1.29 is 19.9 Å². The molecule has 0 bridgehead atoms. The molecule has 2 aromatic rings. The molecule has 0 unspecified atom stereocenters. The lowest BCUT2D eigenvalue weighted by Gasteiger charge is -2.06. The summed E-state index contributed by atoms with van der Waals surface area (Å²) in [5.41, 5.74) is 1.29. The van der Waals surface area contributed by atoms with Crippen LogP contribution in [0, 0.1) is 10.1 Å². The molecule has 0 spiro atoms. The number of carbonyl (C=O) groups excluding carboxylic acids is 1. The molecule has 24 heavy (non-hydrogen) atoms. The van der Waals surface area contributed by atoms with Gasteiger partial charge in [0.05, 0.1) is 4.92 Å². The first-order chi connectivity index (χ1) is 11.4. The van der Waals surface area contributed by atoms with E-state index in [1.54, 1.807) is 0 Å². The molecule has 2 aromatic carbocycles. The number of Topliss-reactive ketones (excluding diaryl/α,β-unsaturated/α-hetero) is 1. The maximum Gasteiger partial charge on any atom is 0.315 e. The standard InChI is InChI=1S/C18H19NO5/c1-2-3-4-12-5-7-13(8-6-12)9-16(20)14-10-15(19(23)24)18(22)17(21)11-14/h5-8,10-11,21-22H,2-4,9H2,1H3. The average molecular weight is 329 g/mol. The molecular weight excluding hydrogens is 310 g/mol. The minimum atomic E-state index is -0.839. The van der Waals surface area contributed by atoms with Crippen molar-refractivity contribution in [1.82, 2.24) is 0 Å². The molecule has 126 valence electrons. The summed E-state index contributed by atoms with van der Waals surface area (Å²) in [6, 6.07) is 9.67. The van der Waals surface area contributed by atoms with Crippen molar-refractivity contribution in [2.24, 2.45) is 0 Å². The van der Waals surface area contributed by atoms with Gasteiger partial charge in [-0.1, -0.05) is 37.6 Å². The van der Waals surface area contributed by atoms with Crippen LogP contribution in [0.2, 0.25) is 0 Å². The van der Waals surface area contributed by atoms with Crippen molar-refractivity contribution in [1.29, 1.82) is 0 Å². The Morgan fingerprint density at radius 3 is 2.33 bits per heavy atom. The Labute approximate surface area is 139 Å². The third-order valence-electron chi connectivity index (χ3n) is 3.80. The lowest BCUT2D eigenvalue weighted by atomic mass is 10.00. The zero-order valence-corrected chi connectivity index (χ0v) is 13.4. The van der Waals surface area contributed by atoms with E-state index in [2.05, 4.69) is 6.92 Å². The van der Waals surface area contributed by atoms with E-state index < -0.39 is 22.1 Å². The zero-order chi connectivity index (χ0) is 17.7. The predicted octanol–water partition coefficient (Wildman–Crippen LogP) is 3.77. The molecule has 0 atom stereocenters. The van der Waals surface area contributed by atoms with Crippen molar-refractivity contribution in [2.75, 3.05) is 0 Å². The number of unbranched alkanes of at least 4 members (excludes halogenated alkanes) is 1. The molecule has 0 aliphatic heterocycles. The Morgan fingerprint density at radius 1 is 1.12 bits per heavy atom. The summed E-state index contributed by atoms with van der Waals surface area (Å²) >= 11 is 0. The van der Waals surface area contributed by atoms with Crippen LogP contribution < -0.4 is 0 Å². The van der Waals surface area contributed by atoms with Gasteiger partial charge in [-0.05, 0) is 30.0 Å². The van der Waals surface area contributed by atoms with Gasteiger partial charge in [0, 0.05) is 18.1 Å². The van der Waals surface area contributed by atoms with E-state index in [-0.39, 0.29) is 17.8 Å². The van der Waals surface area contributed by atoms with E-state index in [1.165, 1.54) is 5.56 Å². The fourth-order valence-electron chi connectivity index (χ4n) is 2.40. The quantitative estimate of drug-likeness (QED) is 0.348. The maximum absolute atomic E-state index is 12.3. The smallest absolute Gasteiger partial charge is 0.315 e. The number of phenols is 2. The van der Waals surface area contributed by atoms with Crippen LogP contribution in [-0.2, 0) is 12.8 Å². The molecule has 0 saturated carbocycles. The highest BCUT2D eigenvalue weighted by Gasteiger charge is 2.21. The summed E-state index contributed by atoms with van der Waals surface area (Å²) in [6.45, 7) is 2.12. The van der Waals surface area contributed by atoms with Gasteiger partial charge >= 0.3 is 5.69 Å². The van der Waals surface area contributed by atoms with Gasteiger partial charge in [0.25, 0.3) is 0 Å². The maximum atomic E-state index is 12.3. The van der Waals surface area contributed by atoms with Crippen molar-refractivity contribution in [3.63, 3.8) is 0 Å². The number of aryl methyl sites for hydroxylation is 1. The molecular formula is C18H19NO5. The molecule has 0 heterocycles. The number of nitro benzene ring substituents is 1. The lowest BCUT2D eigenvalue weighted by molar-refractivity contribution is -0.386. The van der Waals surface area contributed by atoms with Gasteiger partial charge in [0.1, 0.15) is 0 Å². The fraction of sp³-hybridized carbons (Fsp3) is 0.278. The Hall–Kier alpha value is -2.89. The Balaban J connectivity index is 2.16. The topological polar surface area (TPSA) is 101 Å². The highest BCUT2D eigenvalue weighted by atomic mass is 16.6. The summed E-state index contributed by atoms with van der Waals surface area (Å²) in [5.74, 6) is -1.88. The summed E-state index contributed by atoms with van der Waals surface area (Å²) in [6.07, 6.45) is 3.27. The molecule has 0 saturated heterocycles. The Bertz CT molecular complexity index is 753. The first kappa shape index (κ1) is 17.5. The predicted molar refractivity (Wildman–Crippen MR) is 89.5 cm³/mol. The normalized spacial score (nSPS) is 10.5. The molecule has 6 nitrogen and oxygen atoms in total. The zero-order valence-electron chi connectivity index (χ0n) is 13.4. The molecule has 0 aromatic heterocycles. The number of rotatable bonds is 7.